The quantitative estimate of drug-likeness (QED) is 0.141. The van der Waals surface area contributed by atoms with E-state index in [-0.39, 0.29) is 0 Å². The van der Waals surface area contributed by atoms with Gasteiger partial charge in [0.05, 0.1) is 54.3 Å². The third-order valence-electron chi connectivity index (χ3n) is 15.5. The molecular formula is C76H46N6O2S2. The fourth-order valence-electron chi connectivity index (χ4n) is 11.4. The maximum absolute atomic E-state index is 6.59. The first kappa shape index (κ1) is 50.7. The summed E-state index contributed by atoms with van der Waals surface area (Å²) in [5, 5.41) is 5.93. The van der Waals surface area contributed by atoms with Crippen molar-refractivity contribution in [1.82, 2.24) is 29.9 Å². The molecule has 404 valence electrons. The Bertz CT molecular complexity index is 5230. The number of furan rings is 2. The summed E-state index contributed by atoms with van der Waals surface area (Å²) in [7, 11) is 0. The molecule has 10 heteroatoms. The summed E-state index contributed by atoms with van der Waals surface area (Å²) in [5.41, 5.74) is 19.1. The summed E-state index contributed by atoms with van der Waals surface area (Å²) in [5.74, 6) is 1.32. The normalized spacial score (nSPS) is 11.5. The van der Waals surface area contributed by atoms with Crippen LogP contribution in [0, 0.1) is 0 Å². The van der Waals surface area contributed by atoms with E-state index in [9.17, 15) is 0 Å². The highest BCUT2D eigenvalue weighted by molar-refractivity contribution is 7.22. The van der Waals surface area contributed by atoms with Crippen molar-refractivity contribution in [2.75, 3.05) is 0 Å². The first-order chi connectivity index (χ1) is 42.6. The van der Waals surface area contributed by atoms with Gasteiger partial charge in [-0.05, 0) is 71.8 Å². The highest BCUT2D eigenvalue weighted by atomic mass is 32.1. The molecule has 0 N–H and O–H groups in total. The topological polar surface area (TPSA) is 104 Å². The van der Waals surface area contributed by atoms with E-state index in [0.717, 1.165) is 142 Å². The van der Waals surface area contributed by atoms with Crippen LogP contribution in [0.5, 0.6) is 0 Å². The standard InChI is InChI=1S/C41H25N3OS.C35H21N3OS/c1-3-11-26(12-4-1)27-21-23-29(24-22-27)35-25-34(28-13-5-2-6-14-28)42-40(43-35)31-16-10-19-36-38(31)30-15-9-17-32(39(30)45-36)41-44-33-18-7-8-20-37(33)46-41;1-3-11-22(12-4-1)28-21-29(23-13-5-2-6-14-23)37-34(36-28)25-16-10-19-30-32(25)24-15-9-17-26(33(24)39-30)35-38-27-18-7-8-20-31(27)40-35/h1-25H;1-21H. The molecule has 0 amide bonds. The molecule has 0 aliphatic rings. The minimum atomic E-state index is 0.655. The van der Waals surface area contributed by atoms with Crippen LogP contribution in [0.15, 0.2) is 288 Å². The average Bonchev–Trinajstić information content (AvgIpc) is 2.26. The van der Waals surface area contributed by atoms with Gasteiger partial charge in [-0.15, -0.1) is 22.7 Å². The fourth-order valence-corrected chi connectivity index (χ4v) is 13.4. The molecule has 0 bridgehead atoms. The number of benzene rings is 11. The summed E-state index contributed by atoms with van der Waals surface area (Å²) in [6, 6.07) is 95.2. The molecule has 8 nitrogen and oxygen atoms in total. The molecule has 0 saturated heterocycles. The molecule has 0 spiro atoms. The number of aromatic nitrogens is 6. The van der Waals surface area contributed by atoms with Gasteiger partial charge in [-0.1, -0.05) is 218 Å². The third-order valence-corrected chi connectivity index (χ3v) is 17.7. The monoisotopic (exact) mass is 1140 g/mol. The summed E-state index contributed by atoms with van der Waals surface area (Å²) < 4.78 is 15.4. The van der Waals surface area contributed by atoms with E-state index in [1.54, 1.807) is 22.7 Å². The first-order valence-corrected chi connectivity index (χ1v) is 29.9. The van der Waals surface area contributed by atoms with Crippen molar-refractivity contribution >= 4 is 87.0 Å². The van der Waals surface area contributed by atoms with Crippen molar-refractivity contribution in [1.29, 1.82) is 0 Å². The zero-order valence-electron chi connectivity index (χ0n) is 45.9. The number of fused-ring (bicyclic) bond motifs is 8. The van der Waals surface area contributed by atoms with Crippen LogP contribution in [-0.4, -0.2) is 29.9 Å². The molecule has 0 aliphatic heterocycles. The number of hydrogen-bond donors (Lipinski definition) is 0. The Morgan fingerprint density at radius 3 is 0.988 bits per heavy atom. The lowest BCUT2D eigenvalue weighted by Gasteiger charge is -2.11. The van der Waals surface area contributed by atoms with Gasteiger partial charge in [0.1, 0.15) is 32.3 Å². The van der Waals surface area contributed by atoms with Crippen molar-refractivity contribution < 1.29 is 8.83 Å². The maximum atomic E-state index is 6.59. The van der Waals surface area contributed by atoms with E-state index in [1.807, 2.05) is 115 Å². The summed E-state index contributed by atoms with van der Waals surface area (Å²) in [6.07, 6.45) is 0. The minimum absolute atomic E-state index is 0.655. The van der Waals surface area contributed by atoms with Crippen molar-refractivity contribution in [2.45, 2.75) is 0 Å². The van der Waals surface area contributed by atoms with Gasteiger partial charge in [-0.3, -0.25) is 0 Å². The van der Waals surface area contributed by atoms with E-state index >= 15 is 0 Å². The van der Waals surface area contributed by atoms with Gasteiger partial charge in [0, 0.05) is 54.9 Å². The molecule has 6 heterocycles. The summed E-state index contributed by atoms with van der Waals surface area (Å²) >= 11 is 3.36. The highest BCUT2D eigenvalue weighted by Crippen LogP contribution is 2.44. The van der Waals surface area contributed by atoms with Crippen LogP contribution in [0.1, 0.15) is 0 Å². The van der Waals surface area contributed by atoms with Gasteiger partial charge in [0.15, 0.2) is 11.6 Å². The second-order valence-electron chi connectivity index (χ2n) is 20.9. The Morgan fingerprint density at radius 2 is 0.581 bits per heavy atom. The van der Waals surface area contributed by atoms with Gasteiger partial charge in [-0.25, -0.2) is 29.9 Å². The second-order valence-corrected chi connectivity index (χ2v) is 22.9. The van der Waals surface area contributed by atoms with E-state index in [1.165, 1.54) is 11.1 Å². The van der Waals surface area contributed by atoms with Crippen LogP contribution < -0.4 is 0 Å². The number of rotatable bonds is 9. The molecule has 11 aromatic carbocycles. The van der Waals surface area contributed by atoms with Crippen molar-refractivity contribution in [3.63, 3.8) is 0 Å². The SMILES string of the molecule is c1ccc(-c2cc(-c3ccccc3)nc(-c3cccc4oc5c(-c6nc7ccccc7s6)cccc5c34)n2)cc1.c1ccc(-c2ccc(-c3cc(-c4ccccc4)nc(-c4cccc5oc6c(-c7nc8ccccc8s7)cccc6c45)n3)cc2)cc1. The Balaban J connectivity index is 0.000000141. The average molecular weight is 1140 g/mol. The third kappa shape index (κ3) is 9.36. The number of hydrogen-bond acceptors (Lipinski definition) is 10. The smallest absolute Gasteiger partial charge is 0.161 e. The zero-order chi connectivity index (χ0) is 56.9. The van der Waals surface area contributed by atoms with Crippen LogP contribution in [-0.2, 0) is 0 Å². The van der Waals surface area contributed by atoms with Crippen LogP contribution in [0.4, 0.5) is 0 Å². The van der Waals surface area contributed by atoms with E-state index in [0.29, 0.717) is 11.6 Å². The summed E-state index contributed by atoms with van der Waals surface area (Å²) in [4.78, 5) is 30.3. The lowest BCUT2D eigenvalue weighted by molar-refractivity contribution is 0.669. The van der Waals surface area contributed by atoms with Crippen molar-refractivity contribution in [3.8, 4) is 100 Å². The largest absolute Gasteiger partial charge is 0.455 e. The second kappa shape index (κ2) is 21.6. The van der Waals surface area contributed by atoms with Crippen molar-refractivity contribution in [3.05, 3.63) is 279 Å². The predicted octanol–water partition coefficient (Wildman–Crippen LogP) is 21.0. The Kier molecular flexibility index (Phi) is 12.7. The molecule has 0 unspecified atom stereocenters. The highest BCUT2D eigenvalue weighted by Gasteiger charge is 2.23. The molecule has 86 heavy (non-hydrogen) atoms. The van der Waals surface area contributed by atoms with Crippen molar-refractivity contribution in [2.24, 2.45) is 0 Å². The first-order valence-electron chi connectivity index (χ1n) is 28.3. The number of thiazole rings is 2. The lowest BCUT2D eigenvalue weighted by atomic mass is 10.0. The lowest BCUT2D eigenvalue weighted by Crippen LogP contribution is -1.96. The molecule has 17 rings (SSSR count). The summed E-state index contributed by atoms with van der Waals surface area (Å²) in [6.45, 7) is 0. The van der Waals surface area contributed by atoms with Crippen LogP contribution in [0.3, 0.4) is 0 Å². The maximum Gasteiger partial charge on any atom is 0.161 e. The van der Waals surface area contributed by atoms with Crippen LogP contribution >= 0.6 is 22.7 Å². The zero-order valence-corrected chi connectivity index (χ0v) is 47.5. The predicted molar refractivity (Wildman–Crippen MR) is 354 cm³/mol. The number of para-hydroxylation sites is 4. The molecule has 17 aromatic rings. The Hall–Kier alpha value is -11.0. The molecule has 0 radical (unpaired) electrons. The van der Waals surface area contributed by atoms with Gasteiger partial charge in [0.25, 0.3) is 0 Å². The molecule has 6 aromatic heterocycles. The molecule has 0 saturated carbocycles. The van der Waals surface area contributed by atoms with Gasteiger partial charge < -0.3 is 8.83 Å². The van der Waals surface area contributed by atoms with Gasteiger partial charge in [-0.2, -0.15) is 0 Å². The van der Waals surface area contributed by atoms with E-state index < -0.39 is 0 Å². The minimum Gasteiger partial charge on any atom is -0.455 e. The Labute approximate surface area is 501 Å². The Morgan fingerprint density at radius 1 is 0.256 bits per heavy atom. The van der Waals surface area contributed by atoms with E-state index in [2.05, 4.69) is 164 Å². The van der Waals surface area contributed by atoms with E-state index in [4.69, 9.17) is 38.7 Å². The molecular weight excluding hydrogens is 1090 g/mol. The fraction of sp³-hybridized carbons (Fsp3) is 0. The van der Waals surface area contributed by atoms with Crippen LogP contribution in [0.25, 0.3) is 164 Å². The molecule has 0 atom stereocenters. The van der Waals surface area contributed by atoms with Crippen LogP contribution in [0.2, 0.25) is 0 Å². The number of nitrogens with zero attached hydrogens (tertiary/aromatic N) is 6. The van der Waals surface area contributed by atoms with Gasteiger partial charge >= 0.3 is 0 Å². The van der Waals surface area contributed by atoms with Gasteiger partial charge in [0.2, 0.25) is 0 Å². The molecule has 0 aliphatic carbocycles. The molecule has 0 fully saturated rings.